The van der Waals surface area contributed by atoms with Crippen molar-refractivity contribution in [2.45, 2.75) is 26.3 Å². The number of hydrogen-bond donors (Lipinski definition) is 1. The van der Waals surface area contributed by atoms with Crippen LogP contribution in [0.2, 0.25) is 5.02 Å². The molecular formula is C13H20ClNO. The molecule has 90 valence electrons. The van der Waals surface area contributed by atoms with E-state index < -0.39 is 0 Å². The van der Waals surface area contributed by atoms with Crippen LogP contribution in [0, 0.1) is 6.92 Å². The monoisotopic (exact) mass is 241 g/mol. The number of halogens is 1. The third-order valence-corrected chi connectivity index (χ3v) is 2.99. The van der Waals surface area contributed by atoms with Crippen LogP contribution in [0.5, 0.6) is 0 Å². The molecule has 0 fully saturated rings. The van der Waals surface area contributed by atoms with Crippen LogP contribution in [0.25, 0.3) is 0 Å². The second-order valence-corrected chi connectivity index (χ2v) is 4.33. The molecule has 3 heteroatoms. The van der Waals surface area contributed by atoms with Gasteiger partial charge in [-0.25, -0.2) is 0 Å². The zero-order chi connectivity index (χ0) is 12.0. The standard InChI is InChI=1S/C13H20ClNO/c1-4-7-16-9-13(15-3)11-5-6-12(14)10(2)8-11/h5-6,8,13,15H,4,7,9H2,1-3H3. The van der Waals surface area contributed by atoms with Crippen molar-refractivity contribution in [3.05, 3.63) is 34.3 Å². The summed E-state index contributed by atoms with van der Waals surface area (Å²) in [6.45, 7) is 5.64. The Morgan fingerprint density at radius 3 is 2.75 bits per heavy atom. The van der Waals surface area contributed by atoms with Gasteiger partial charge >= 0.3 is 0 Å². The summed E-state index contributed by atoms with van der Waals surface area (Å²) in [6.07, 6.45) is 1.05. The Bertz CT molecular complexity index is 328. The summed E-state index contributed by atoms with van der Waals surface area (Å²) in [5, 5.41) is 4.07. The summed E-state index contributed by atoms with van der Waals surface area (Å²) in [6, 6.07) is 6.34. The van der Waals surface area contributed by atoms with E-state index in [1.165, 1.54) is 5.56 Å². The lowest BCUT2D eigenvalue weighted by Crippen LogP contribution is -2.22. The smallest absolute Gasteiger partial charge is 0.0661 e. The lowest BCUT2D eigenvalue weighted by atomic mass is 10.1. The zero-order valence-electron chi connectivity index (χ0n) is 10.2. The fraction of sp³-hybridized carbons (Fsp3) is 0.538. The van der Waals surface area contributed by atoms with E-state index >= 15 is 0 Å². The zero-order valence-corrected chi connectivity index (χ0v) is 11.0. The Morgan fingerprint density at radius 2 is 2.19 bits per heavy atom. The van der Waals surface area contributed by atoms with E-state index in [9.17, 15) is 0 Å². The third-order valence-electron chi connectivity index (χ3n) is 2.57. The molecule has 0 heterocycles. The summed E-state index contributed by atoms with van der Waals surface area (Å²) in [7, 11) is 1.95. The molecule has 0 aliphatic heterocycles. The van der Waals surface area contributed by atoms with Crippen LogP contribution < -0.4 is 5.32 Å². The van der Waals surface area contributed by atoms with Crippen LogP contribution in [0.3, 0.4) is 0 Å². The summed E-state index contributed by atoms with van der Waals surface area (Å²) >= 11 is 6.00. The highest BCUT2D eigenvalue weighted by molar-refractivity contribution is 6.31. The molecule has 0 spiro atoms. The van der Waals surface area contributed by atoms with Gasteiger partial charge in [-0.05, 0) is 37.6 Å². The van der Waals surface area contributed by atoms with Crippen LogP contribution in [0.1, 0.15) is 30.5 Å². The van der Waals surface area contributed by atoms with Crippen molar-refractivity contribution >= 4 is 11.6 Å². The summed E-state index contributed by atoms with van der Waals surface area (Å²) in [5.41, 5.74) is 2.33. The fourth-order valence-corrected chi connectivity index (χ4v) is 1.69. The van der Waals surface area contributed by atoms with Gasteiger partial charge in [0, 0.05) is 11.6 Å². The van der Waals surface area contributed by atoms with E-state index in [-0.39, 0.29) is 6.04 Å². The summed E-state index contributed by atoms with van der Waals surface area (Å²) in [4.78, 5) is 0. The van der Waals surface area contributed by atoms with E-state index in [0.29, 0.717) is 6.61 Å². The molecular weight excluding hydrogens is 222 g/mol. The minimum absolute atomic E-state index is 0.238. The van der Waals surface area contributed by atoms with Crippen LogP contribution in [0.4, 0.5) is 0 Å². The molecule has 1 atom stereocenters. The first-order chi connectivity index (χ1) is 7.69. The van der Waals surface area contributed by atoms with Crippen molar-refractivity contribution in [1.82, 2.24) is 5.32 Å². The fourth-order valence-electron chi connectivity index (χ4n) is 1.58. The normalized spacial score (nSPS) is 12.8. The van der Waals surface area contributed by atoms with Gasteiger partial charge < -0.3 is 10.1 Å². The number of likely N-dealkylation sites (N-methyl/N-ethyl adjacent to an activating group) is 1. The van der Waals surface area contributed by atoms with E-state index in [0.717, 1.165) is 23.6 Å². The topological polar surface area (TPSA) is 21.3 Å². The largest absolute Gasteiger partial charge is 0.379 e. The van der Waals surface area contributed by atoms with Gasteiger partial charge in [-0.2, -0.15) is 0 Å². The van der Waals surface area contributed by atoms with Crippen LogP contribution >= 0.6 is 11.6 Å². The van der Waals surface area contributed by atoms with Crippen molar-refractivity contribution in [2.75, 3.05) is 20.3 Å². The molecule has 1 unspecified atom stereocenters. The van der Waals surface area contributed by atoms with Gasteiger partial charge in [0.25, 0.3) is 0 Å². The van der Waals surface area contributed by atoms with Crippen molar-refractivity contribution < 1.29 is 4.74 Å². The quantitative estimate of drug-likeness (QED) is 0.772. The average molecular weight is 242 g/mol. The Labute approximate surface area is 103 Å². The number of hydrogen-bond acceptors (Lipinski definition) is 2. The van der Waals surface area contributed by atoms with Gasteiger partial charge in [0.15, 0.2) is 0 Å². The highest BCUT2D eigenvalue weighted by atomic mass is 35.5. The van der Waals surface area contributed by atoms with Crippen LogP contribution in [-0.2, 0) is 4.74 Å². The van der Waals surface area contributed by atoms with Gasteiger partial charge in [-0.1, -0.05) is 30.7 Å². The van der Waals surface area contributed by atoms with Crippen molar-refractivity contribution in [3.63, 3.8) is 0 Å². The SMILES string of the molecule is CCCOCC(NC)c1ccc(Cl)c(C)c1. The highest BCUT2D eigenvalue weighted by Gasteiger charge is 2.10. The molecule has 0 aliphatic carbocycles. The maximum absolute atomic E-state index is 6.00. The van der Waals surface area contributed by atoms with Gasteiger partial charge in [0.05, 0.1) is 12.6 Å². The van der Waals surface area contributed by atoms with E-state index in [2.05, 4.69) is 18.3 Å². The molecule has 0 amide bonds. The van der Waals surface area contributed by atoms with Gasteiger partial charge in [0.2, 0.25) is 0 Å². The number of ether oxygens (including phenoxy) is 1. The maximum Gasteiger partial charge on any atom is 0.0661 e. The minimum Gasteiger partial charge on any atom is -0.379 e. The Balaban J connectivity index is 2.67. The molecule has 1 aromatic rings. The number of aryl methyl sites for hydroxylation is 1. The predicted octanol–water partition coefficient (Wildman–Crippen LogP) is 3.34. The summed E-state index contributed by atoms with van der Waals surface area (Å²) in [5.74, 6) is 0. The average Bonchev–Trinajstić information content (AvgIpc) is 2.29. The third kappa shape index (κ3) is 3.78. The lowest BCUT2D eigenvalue weighted by Gasteiger charge is -2.17. The minimum atomic E-state index is 0.238. The first kappa shape index (κ1) is 13.5. The van der Waals surface area contributed by atoms with Crippen molar-refractivity contribution in [1.29, 1.82) is 0 Å². The highest BCUT2D eigenvalue weighted by Crippen LogP contribution is 2.20. The van der Waals surface area contributed by atoms with Gasteiger partial charge in [0.1, 0.15) is 0 Å². The first-order valence-electron chi connectivity index (χ1n) is 5.70. The molecule has 0 saturated carbocycles. The molecule has 0 radical (unpaired) electrons. The van der Waals surface area contributed by atoms with E-state index in [4.69, 9.17) is 16.3 Å². The van der Waals surface area contributed by atoms with Crippen molar-refractivity contribution in [2.24, 2.45) is 0 Å². The maximum atomic E-state index is 6.00. The van der Waals surface area contributed by atoms with Crippen LogP contribution in [-0.4, -0.2) is 20.3 Å². The number of nitrogens with one attached hydrogen (secondary N) is 1. The molecule has 0 bridgehead atoms. The number of benzene rings is 1. The Hall–Kier alpha value is -0.570. The molecule has 0 aliphatic rings. The van der Waals surface area contributed by atoms with Gasteiger partial charge in [-0.15, -0.1) is 0 Å². The predicted molar refractivity (Wildman–Crippen MR) is 69.1 cm³/mol. The molecule has 0 saturated heterocycles. The molecule has 1 aromatic carbocycles. The first-order valence-corrected chi connectivity index (χ1v) is 6.08. The molecule has 0 aromatic heterocycles. The van der Waals surface area contributed by atoms with Crippen LogP contribution in [0.15, 0.2) is 18.2 Å². The second kappa shape index (κ2) is 6.89. The van der Waals surface area contributed by atoms with E-state index in [1.807, 2.05) is 26.1 Å². The summed E-state index contributed by atoms with van der Waals surface area (Å²) < 4.78 is 5.56. The Morgan fingerprint density at radius 1 is 1.44 bits per heavy atom. The van der Waals surface area contributed by atoms with E-state index in [1.54, 1.807) is 0 Å². The lowest BCUT2D eigenvalue weighted by molar-refractivity contribution is 0.114. The number of rotatable bonds is 6. The Kier molecular flexibility index (Phi) is 5.81. The molecule has 16 heavy (non-hydrogen) atoms. The van der Waals surface area contributed by atoms with Crippen molar-refractivity contribution in [3.8, 4) is 0 Å². The molecule has 1 rings (SSSR count). The molecule has 1 N–H and O–H groups in total. The molecule has 2 nitrogen and oxygen atoms in total. The second-order valence-electron chi connectivity index (χ2n) is 3.92. The van der Waals surface area contributed by atoms with Gasteiger partial charge in [-0.3, -0.25) is 0 Å².